The molecule has 1 fully saturated rings. The van der Waals surface area contributed by atoms with Crippen molar-refractivity contribution in [1.29, 1.82) is 0 Å². The lowest BCUT2D eigenvalue weighted by atomic mass is 9.94. The maximum absolute atomic E-state index is 6.09. The summed E-state index contributed by atoms with van der Waals surface area (Å²) in [5, 5.41) is 0. The van der Waals surface area contributed by atoms with Crippen molar-refractivity contribution < 1.29 is 0 Å². The topological polar surface area (TPSA) is 42.1 Å². The molecule has 0 amide bonds. The summed E-state index contributed by atoms with van der Waals surface area (Å²) < 4.78 is 0. The van der Waals surface area contributed by atoms with Crippen LogP contribution in [0.4, 0.5) is 0 Å². The molecule has 2 atom stereocenters. The second kappa shape index (κ2) is 4.93. The zero-order valence-electron chi connectivity index (χ0n) is 10.2. The molecule has 0 aromatic carbocycles. The average Bonchev–Trinajstić information content (AvgIpc) is 2.24. The first-order valence-corrected chi connectivity index (χ1v) is 6.05. The van der Waals surface area contributed by atoms with Gasteiger partial charge in [-0.15, -0.1) is 0 Å². The Hall–Kier alpha value is -0.930. The Morgan fingerprint density at radius 3 is 3.00 bits per heavy atom. The summed E-state index contributed by atoms with van der Waals surface area (Å²) in [6.45, 7) is 7.35. The van der Waals surface area contributed by atoms with Crippen molar-refractivity contribution in [3.05, 3.63) is 29.6 Å². The number of hydrogen-bond acceptors (Lipinski definition) is 3. The van der Waals surface area contributed by atoms with E-state index in [9.17, 15) is 0 Å². The predicted octanol–water partition coefficient (Wildman–Crippen LogP) is 1.56. The van der Waals surface area contributed by atoms with Crippen LogP contribution in [-0.4, -0.2) is 29.0 Å². The van der Waals surface area contributed by atoms with Crippen molar-refractivity contribution in [2.75, 3.05) is 13.1 Å². The van der Waals surface area contributed by atoms with Gasteiger partial charge in [0.2, 0.25) is 0 Å². The number of aryl methyl sites for hydroxylation is 1. The second-order valence-corrected chi connectivity index (χ2v) is 4.94. The van der Waals surface area contributed by atoms with Crippen molar-refractivity contribution in [1.82, 2.24) is 9.88 Å². The van der Waals surface area contributed by atoms with E-state index in [0.29, 0.717) is 12.0 Å². The predicted molar refractivity (Wildman–Crippen MR) is 66.0 cm³/mol. The molecular formula is C13H21N3. The monoisotopic (exact) mass is 219 g/mol. The highest BCUT2D eigenvalue weighted by Gasteiger charge is 2.23. The van der Waals surface area contributed by atoms with Crippen LogP contribution in [-0.2, 0) is 6.54 Å². The summed E-state index contributed by atoms with van der Waals surface area (Å²) in [4.78, 5) is 6.94. The highest BCUT2D eigenvalue weighted by molar-refractivity contribution is 5.10. The van der Waals surface area contributed by atoms with Crippen molar-refractivity contribution in [2.24, 2.45) is 11.7 Å². The number of nitrogens with two attached hydrogens (primary N) is 1. The molecule has 16 heavy (non-hydrogen) atoms. The van der Waals surface area contributed by atoms with Crippen molar-refractivity contribution in [3.8, 4) is 0 Å². The van der Waals surface area contributed by atoms with E-state index >= 15 is 0 Å². The van der Waals surface area contributed by atoms with Crippen LogP contribution in [0.5, 0.6) is 0 Å². The van der Waals surface area contributed by atoms with Gasteiger partial charge in [-0.3, -0.25) is 9.88 Å². The fourth-order valence-corrected chi connectivity index (χ4v) is 2.23. The Kier molecular flexibility index (Phi) is 3.56. The van der Waals surface area contributed by atoms with Gasteiger partial charge in [0.1, 0.15) is 0 Å². The van der Waals surface area contributed by atoms with Gasteiger partial charge in [0.15, 0.2) is 0 Å². The number of likely N-dealkylation sites (tertiary alicyclic amines) is 1. The molecule has 3 nitrogen and oxygen atoms in total. The highest BCUT2D eigenvalue weighted by Crippen LogP contribution is 2.17. The number of hydrogen-bond donors (Lipinski definition) is 1. The first kappa shape index (κ1) is 11.6. The molecule has 1 aliphatic rings. The first-order chi connectivity index (χ1) is 7.65. The largest absolute Gasteiger partial charge is 0.326 e. The van der Waals surface area contributed by atoms with Crippen LogP contribution in [0.25, 0.3) is 0 Å². The van der Waals surface area contributed by atoms with Gasteiger partial charge in [0.05, 0.1) is 5.69 Å². The third-order valence-corrected chi connectivity index (χ3v) is 3.43. The third kappa shape index (κ3) is 2.80. The Morgan fingerprint density at radius 2 is 2.31 bits per heavy atom. The molecule has 3 heteroatoms. The van der Waals surface area contributed by atoms with Crippen LogP contribution in [0, 0.1) is 12.8 Å². The fraction of sp³-hybridized carbons (Fsp3) is 0.615. The zero-order valence-corrected chi connectivity index (χ0v) is 10.2. The fourth-order valence-electron chi connectivity index (χ4n) is 2.23. The molecule has 2 N–H and O–H groups in total. The van der Waals surface area contributed by atoms with Gasteiger partial charge in [-0.05, 0) is 37.9 Å². The molecule has 0 bridgehead atoms. The van der Waals surface area contributed by atoms with E-state index in [1.54, 1.807) is 0 Å². The summed E-state index contributed by atoms with van der Waals surface area (Å²) in [6, 6.07) is 6.52. The van der Waals surface area contributed by atoms with E-state index in [-0.39, 0.29) is 0 Å². The number of nitrogens with zero attached hydrogens (tertiary/aromatic N) is 2. The molecule has 2 heterocycles. The molecule has 88 valence electrons. The molecule has 0 radical (unpaired) electrons. The molecule has 2 unspecified atom stereocenters. The van der Waals surface area contributed by atoms with Crippen LogP contribution in [0.1, 0.15) is 24.7 Å². The third-order valence-electron chi connectivity index (χ3n) is 3.43. The Bertz CT molecular complexity index is 351. The minimum absolute atomic E-state index is 0.318. The zero-order chi connectivity index (χ0) is 11.5. The number of piperidine rings is 1. The Labute approximate surface area is 97.7 Å². The molecule has 0 saturated carbocycles. The van der Waals surface area contributed by atoms with Crippen molar-refractivity contribution in [2.45, 2.75) is 32.9 Å². The van der Waals surface area contributed by atoms with Crippen LogP contribution in [0.15, 0.2) is 18.2 Å². The van der Waals surface area contributed by atoms with Crippen LogP contribution in [0.3, 0.4) is 0 Å². The molecular weight excluding hydrogens is 198 g/mol. The van der Waals surface area contributed by atoms with Crippen LogP contribution >= 0.6 is 0 Å². The minimum atomic E-state index is 0.318. The van der Waals surface area contributed by atoms with Gasteiger partial charge < -0.3 is 5.73 Å². The van der Waals surface area contributed by atoms with Gasteiger partial charge in [0.25, 0.3) is 0 Å². The van der Waals surface area contributed by atoms with Gasteiger partial charge in [-0.25, -0.2) is 0 Å². The molecule has 2 rings (SSSR count). The summed E-state index contributed by atoms with van der Waals surface area (Å²) in [5.41, 5.74) is 8.33. The van der Waals surface area contributed by atoms with Crippen LogP contribution < -0.4 is 5.73 Å². The molecule has 0 aliphatic carbocycles. The Balaban J connectivity index is 1.95. The molecule has 1 aliphatic heterocycles. The van der Waals surface area contributed by atoms with Crippen molar-refractivity contribution in [3.63, 3.8) is 0 Å². The summed E-state index contributed by atoms with van der Waals surface area (Å²) in [7, 11) is 0. The number of pyridine rings is 1. The minimum Gasteiger partial charge on any atom is -0.326 e. The van der Waals surface area contributed by atoms with E-state index in [1.807, 2.05) is 13.0 Å². The van der Waals surface area contributed by atoms with Crippen LogP contribution in [0.2, 0.25) is 0 Å². The summed E-state index contributed by atoms with van der Waals surface area (Å²) in [5.74, 6) is 0.654. The lowest BCUT2D eigenvalue weighted by molar-refractivity contribution is 0.160. The highest BCUT2D eigenvalue weighted by atomic mass is 15.2. The molecule has 0 spiro atoms. The Morgan fingerprint density at radius 1 is 1.50 bits per heavy atom. The normalized spacial score (nSPS) is 26.9. The maximum atomic E-state index is 6.09. The standard InChI is InChI=1S/C13H21N3/c1-10-6-7-16(9-13(10)14)8-12-5-3-4-11(2)15-12/h3-5,10,13H,6-9,14H2,1-2H3. The van der Waals surface area contributed by atoms with Gasteiger partial charge >= 0.3 is 0 Å². The van der Waals surface area contributed by atoms with Gasteiger partial charge in [-0.1, -0.05) is 13.0 Å². The molecule has 1 aromatic rings. The lowest BCUT2D eigenvalue weighted by Crippen LogP contribution is -2.47. The summed E-state index contributed by atoms with van der Waals surface area (Å²) >= 11 is 0. The number of aromatic nitrogens is 1. The first-order valence-electron chi connectivity index (χ1n) is 6.05. The van der Waals surface area contributed by atoms with E-state index in [0.717, 1.165) is 31.0 Å². The smallest absolute Gasteiger partial charge is 0.0547 e. The van der Waals surface area contributed by atoms with E-state index in [2.05, 4.69) is 28.9 Å². The van der Waals surface area contributed by atoms with Crippen molar-refractivity contribution >= 4 is 0 Å². The van der Waals surface area contributed by atoms with E-state index in [1.165, 1.54) is 6.42 Å². The maximum Gasteiger partial charge on any atom is 0.0547 e. The molecule has 1 aromatic heterocycles. The SMILES string of the molecule is Cc1cccc(CN2CCC(C)C(N)C2)n1. The average molecular weight is 219 g/mol. The quantitative estimate of drug-likeness (QED) is 0.820. The lowest BCUT2D eigenvalue weighted by Gasteiger charge is -2.34. The molecule has 1 saturated heterocycles. The number of rotatable bonds is 2. The van der Waals surface area contributed by atoms with E-state index in [4.69, 9.17) is 5.73 Å². The van der Waals surface area contributed by atoms with Gasteiger partial charge in [0, 0.05) is 24.8 Å². The van der Waals surface area contributed by atoms with Gasteiger partial charge in [-0.2, -0.15) is 0 Å². The summed E-state index contributed by atoms with van der Waals surface area (Å²) in [6.07, 6.45) is 1.20. The second-order valence-electron chi connectivity index (χ2n) is 4.94. The van der Waals surface area contributed by atoms with E-state index < -0.39 is 0 Å².